The van der Waals surface area contributed by atoms with Gasteiger partial charge in [0.2, 0.25) is 5.91 Å². The van der Waals surface area contributed by atoms with Crippen molar-refractivity contribution in [2.75, 3.05) is 25.4 Å². The van der Waals surface area contributed by atoms with E-state index in [1.807, 2.05) is 29.2 Å². The van der Waals surface area contributed by atoms with Crippen molar-refractivity contribution in [2.24, 2.45) is 5.92 Å². The summed E-state index contributed by atoms with van der Waals surface area (Å²) in [5.74, 6) is 1.17. The first-order chi connectivity index (χ1) is 9.19. The molecule has 104 valence electrons. The third-order valence-electron chi connectivity index (χ3n) is 3.35. The number of thioether (sulfide) groups is 1. The van der Waals surface area contributed by atoms with Crippen molar-refractivity contribution < 1.29 is 9.90 Å². The SMILES string of the molecule is O=C(CSc1ccc(Br)cc1)N1CCC(CCO)C1. The van der Waals surface area contributed by atoms with E-state index in [0.29, 0.717) is 11.7 Å². The van der Waals surface area contributed by atoms with Gasteiger partial charge in [0, 0.05) is 29.1 Å². The van der Waals surface area contributed by atoms with Gasteiger partial charge in [-0.05, 0) is 43.0 Å². The standard InChI is InChI=1S/C14H18BrNO2S/c15-12-1-3-13(4-2-12)19-10-14(18)16-7-5-11(9-16)6-8-17/h1-4,11,17H,5-10H2. The van der Waals surface area contributed by atoms with E-state index in [1.165, 1.54) is 0 Å². The Hall–Kier alpha value is -0.520. The van der Waals surface area contributed by atoms with Gasteiger partial charge < -0.3 is 10.0 Å². The Balaban J connectivity index is 1.77. The first-order valence-corrected chi connectivity index (χ1v) is 8.24. The number of amides is 1. The van der Waals surface area contributed by atoms with Gasteiger partial charge in [0.1, 0.15) is 0 Å². The summed E-state index contributed by atoms with van der Waals surface area (Å²) in [5.41, 5.74) is 0. The highest BCUT2D eigenvalue weighted by molar-refractivity contribution is 9.10. The Kier molecular flexibility index (Phi) is 5.73. The lowest BCUT2D eigenvalue weighted by Gasteiger charge is -2.16. The highest BCUT2D eigenvalue weighted by Gasteiger charge is 2.25. The van der Waals surface area contributed by atoms with E-state index in [4.69, 9.17) is 5.11 Å². The monoisotopic (exact) mass is 343 g/mol. The van der Waals surface area contributed by atoms with Crippen LogP contribution in [0.1, 0.15) is 12.8 Å². The molecule has 3 nitrogen and oxygen atoms in total. The van der Waals surface area contributed by atoms with E-state index in [1.54, 1.807) is 11.8 Å². The molecular formula is C14H18BrNO2S. The van der Waals surface area contributed by atoms with Crippen LogP contribution in [0.2, 0.25) is 0 Å². The molecule has 2 rings (SSSR count). The molecule has 1 atom stereocenters. The number of carbonyl (C=O) groups excluding carboxylic acids is 1. The van der Waals surface area contributed by atoms with Crippen LogP contribution in [-0.2, 0) is 4.79 Å². The second-order valence-corrected chi connectivity index (χ2v) is 6.71. The molecule has 0 aromatic heterocycles. The van der Waals surface area contributed by atoms with Gasteiger partial charge in [0.25, 0.3) is 0 Å². The predicted octanol–water partition coefficient (Wildman–Crippen LogP) is 2.77. The number of hydrogen-bond acceptors (Lipinski definition) is 3. The zero-order chi connectivity index (χ0) is 13.7. The first-order valence-electron chi connectivity index (χ1n) is 6.46. The molecule has 5 heteroatoms. The zero-order valence-corrected chi connectivity index (χ0v) is 13.1. The molecule has 1 aliphatic rings. The smallest absolute Gasteiger partial charge is 0.232 e. The van der Waals surface area contributed by atoms with Crippen LogP contribution in [0.25, 0.3) is 0 Å². The molecule has 1 amide bonds. The fraction of sp³-hybridized carbons (Fsp3) is 0.500. The van der Waals surface area contributed by atoms with Crippen LogP contribution in [-0.4, -0.2) is 41.4 Å². The Morgan fingerprint density at radius 3 is 2.84 bits per heavy atom. The third-order valence-corrected chi connectivity index (χ3v) is 4.88. The van der Waals surface area contributed by atoms with Gasteiger partial charge in [0.05, 0.1) is 5.75 Å². The molecule has 1 aliphatic heterocycles. The van der Waals surface area contributed by atoms with E-state index in [9.17, 15) is 4.79 Å². The van der Waals surface area contributed by atoms with Crippen LogP contribution in [0, 0.1) is 5.92 Å². The third kappa shape index (κ3) is 4.51. The van der Waals surface area contributed by atoms with Gasteiger partial charge in [-0.1, -0.05) is 15.9 Å². The second kappa shape index (κ2) is 7.31. The van der Waals surface area contributed by atoms with Crippen LogP contribution in [0.5, 0.6) is 0 Å². The Bertz CT molecular complexity index is 424. The molecule has 1 N–H and O–H groups in total. The Labute approximate surface area is 126 Å². The van der Waals surface area contributed by atoms with Gasteiger partial charge in [-0.15, -0.1) is 11.8 Å². The van der Waals surface area contributed by atoms with E-state index < -0.39 is 0 Å². The maximum atomic E-state index is 12.1. The molecule has 0 aliphatic carbocycles. The minimum atomic E-state index is 0.202. The number of halogens is 1. The van der Waals surface area contributed by atoms with Crippen LogP contribution in [0.15, 0.2) is 33.6 Å². The van der Waals surface area contributed by atoms with Crippen LogP contribution >= 0.6 is 27.7 Å². The maximum absolute atomic E-state index is 12.1. The van der Waals surface area contributed by atoms with Crippen LogP contribution in [0.4, 0.5) is 0 Å². The molecule has 0 bridgehead atoms. The highest BCUT2D eigenvalue weighted by atomic mass is 79.9. The molecule has 1 unspecified atom stereocenters. The van der Waals surface area contributed by atoms with Gasteiger partial charge in [-0.25, -0.2) is 0 Å². The van der Waals surface area contributed by atoms with Gasteiger partial charge >= 0.3 is 0 Å². The van der Waals surface area contributed by atoms with Crippen molar-refractivity contribution in [3.63, 3.8) is 0 Å². The van der Waals surface area contributed by atoms with Crippen molar-refractivity contribution in [1.29, 1.82) is 0 Å². The average Bonchev–Trinajstić information content (AvgIpc) is 2.87. The summed E-state index contributed by atoms with van der Waals surface area (Å²) < 4.78 is 1.05. The lowest BCUT2D eigenvalue weighted by atomic mass is 10.1. The van der Waals surface area contributed by atoms with Crippen molar-refractivity contribution in [2.45, 2.75) is 17.7 Å². The normalized spacial score (nSPS) is 18.8. The molecular weight excluding hydrogens is 326 g/mol. The summed E-state index contributed by atoms with van der Waals surface area (Å²) in [7, 11) is 0. The van der Waals surface area contributed by atoms with Crippen LogP contribution in [0.3, 0.4) is 0 Å². The molecule has 1 saturated heterocycles. The molecule has 0 spiro atoms. The summed E-state index contributed by atoms with van der Waals surface area (Å²) in [6, 6.07) is 8.00. The Morgan fingerprint density at radius 2 is 2.16 bits per heavy atom. The molecule has 1 fully saturated rings. The number of rotatable bonds is 5. The maximum Gasteiger partial charge on any atom is 0.232 e. The minimum Gasteiger partial charge on any atom is -0.396 e. The number of carbonyl (C=O) groups is 1. The number of aliphatic hydroxyl groups excluding tert-OH is 1. The first kappa shape index (κ1) is 14.9. The molecule has 19 heavy (non-hydrogen) atoms. The molecule has 0 radical (unpaired) electrons. The summed E-state index contributed by atoms with van der Waals surface area (Å²) in [6.45, 7) is 1.87. The zero-order valence-electron chi connectivity index (χ0n) is 10.7. The predicted molar refractivity (Wildman–Crippen MR) is 81.3 cm³/mol. The van der Waals surface area contributed by atoms with Gasteiger partial charge in [-0.3, -0.25) is 4.79 Å². The number of hydrogen-bond donors (Lipinski definition) is 1. The number of likely N-dealkylation sites (tertiary alicyclic amines) is 1. The van der Waals surface area contributed by atoms with E-state index in [-0.39, 0.29) is 12.5 Å². The van der Waals surface area contributed by atoms with Crippen molar-refractivity contribution in [1.82, 2.24) is 4.90 Å². The minimum absolute atomic E-state index is 0.202. The second-order valence-electron chi connectivity index (χ2n) is 4.75. The molecule has 0 saturated carbocycles. The van der Waals surface area contributed by atoms with Gasteiger partial charge in [0.15, 0.2) is 0 Å². The highest BCUT2D eigenvalue weighted by Crippen LogP contribution is 2.23. The van der Waals surface area contributed by atoms with Crippen molar-refractivity contribution >= 4 is 33.6 Å². The van der Waals surface area contributed by atoms with E-state index >= 15 is 0 Å². The quantitative estimate of drug-likeness (QED) is 0.835. The average molecular weight is 344 g/mol. The Morgan fingerprint density at radius 1 is 1.42 bits per heavy atom. The van der Waals surface area contributed by atoms with E-state index in [0.717, 1.165) is 35.3 Å². The number of aliphatic hydroxyl groups is 1. The summed E-state index contributed by atoms with van der Waals surface area (Å²) in [6.07, 6.45) is 1.83. The summed E-state index contributed by atoms with van der Waals surface area (Å²) in [5, 5.41) is 8.91. The topological polar surface area (TPSA) is 40.5 Å². The lowest BCUT2D eigenvalue weighted by molar-refractivity contribution is -0.127. The fourth-order valence-corrected chi connectivity index (χ4v) is 3.31. The van der Waals surface area contributed by atoms with Crippen molar-refractivity contribution in [3.05, 3.63) is 28.7 Å². The van der Waals surface area contributed by atoms with Gasteiger partial charge in [-0.2, -0.15) is 0 Å². The molecule has 1 heterocycles. The number of benzene rings is 1. The lowest BCUT2D eigenvalue weighted by Crippen LogP contribution is -2.30. The summed E-state index contributed by atoms with van der Waals surface area (Å²) >= 11 is 4.97. The molecule has 1 aromatic carbocycles. The summed E-state index contributed by atoms with van der Waals surface area (Å²) in [4.78, 5) is 15.1. The van der Waals surface area contributed by atoms with E-state index in [2.05, 4.69) is 15.9 Å². The largest absolute Gasteiger partial charge is 0.396 e. The molecule has 1 aromatic rings. The number of nitrogens with zero attached hydrogens (tertiary/aromatic N) is 1. The van der Waals surface area contributed by atoms with Crippen LogP contribution < -0.4 is 0 Å². The van der Waals surface area contributed by atoms with Crippen molar-refractivity contribution in [3.8, 4) is 0 Å². The fourth-order valence-electron chi connectivity index (χ4n) is 2.24.